The minimum Gasteiger partial charge on any atom is -0.469 e. The third-order valence-corrected chi connectivity index (χ3v) is 4.44. The standard InChI is InChI=1S/C17H28N2O2/c1-2-4-13(9-11-18)7-8-17(20)19-15-5-3-6-16-14(15)10-12-21-16/h10,12-13,15H,2-9,11,18H2,1H3,(H,19,20). The van der Waals surface area contributed by atoms with E-state index in [0.29, 0.717) is 18.9 Å². The highest BCUT2D eigenvalue weighted by atomic mass is 16.3. The molecule has 0 aliphatic heterocycles. The van der Waals surface area contributed by atoms with E-state index in [0.717, 1.165) is 44.3 Å². The van der Waals surface area contributed by atoms with Crippen LogP contribution in [0.25, 0.3) is 0 Å². The average molecular weight is 292 g/mol. The van der Waals surface area contributed by atoms with Crippen molar-refractivity contribution < 1.29 is 9.21 Å². The molecule has 0 radical (unpaired) electrons. The van der Waals surface area contributed by atoms with E-state index in [-0.39, 0.29) is 11.9 Å². The zero-order chi connectivity index (χ0) is 15.1. The molecule has 0 fully saturated rings. The van der Waals surface area contributed by atoms with Crippen LogP contribution in [0.2, 0.25) is 0 Å². The lowest BCUT2D eigenvalue weighted by Crippen LogP contribution is -2.30. The molecule has 2 unspecified atom stereocenters. The van der Waals surface area contributed by atoms with E-state index < -0.39 is 0 Å². The van der Waals surface area contributed by atoms with Crippen LogP contribution >= 0.6 is 0 Å². The maximum absolute atomic E-state index is 12.2. The van der Waals surface area contributed by atoms with Crippen LogP contribution in [0.5, 0.6) is 0 Å². The van der Waals surface area contributed by atoms with Crippen LogP contribution in [0.1, 0.15) is 69.2 Å². The van der Waals surface area contributed by atoms with E-state index in [4.69, 9.17) is 10.2 Å². The van der Waals surface area contributed by atoms with Gasteiger partial charge >= 0.3 is 0 Å². The monoisotopic (exact) mass is 292 g/mol. The first kappa shape index (κ1) is 16.1. The van der Waals surface area contributed by atoms with Crippen molar-refractivity contribution in [1.29, 1.82) is 0 Å². The Bertz CT molecular complexity index is 436. The van der Waals surface area contributed by atoms with Gasteiger partial charge in [0.15, 0.2) is 0 Å². The molecule has 2 rings (SSSR count). The van der Waals surface area contributed by atoms with Gasteiger partial charge in [-0.05, 0) is 44.2 Å². The molecule has 4 heteroatoms. The Morgan fingerprint density at radius 2 is 2.33 bits per heavy atom. The molecule has 3 N–H and O–H groups in total. The number of carbonyl (C=O) groups excluding carboxylic acids is 1. The van der Waals surface area contributed by atoms with Crippen LogP contribution in [0.3, 0.4) is 0 Å². The van der Waals surface area contributed by atoms with Crippen molar-refractivity contribution in [1.82, 2.24) is 5.32 Å². The van der Waals surface area contributed by atoms with Crippen LogP contribution in [0, 0.1) is 5.92 Å². The highest BCUT2D eigenvalue weighted by Gasteiger charge is 2.24. The fraction of sp³-hybridized carbons (Fsp3) is 0.706. The Kier molecular flexibility index (Phi) is 6.30. The summed E-state index contributed by atoms with van der Waals surface area (Å²) in [6.45, 7) is 2.90. The normalized spacial score (nSPS) is 19.0. The summed E-state index contributed by atoms with van der Waals surface area (Å²) >= 11 is 0. The molecule has 0 saturated heterocycles. The van der Waals surface area contributed by atoms with Crippen molar-refractivity contribution in [2.45, 2.75) is 64.3 Å². The van der Waals surface area contributed by atoms with Crippen molar-refractivity contribution in [2.75, 3.05) is 6.54 Å². The first-order valence-corrected chi connectivity index (χ1v) is 8.30. The Labute approximate surface area is 127 Å². The molecule has 2 atom stereocenters. The number of rotatable bonds is 8. The van der Waals surface area contributed by atoms with Crippen molar-refractivity contribution in [3.63, 3.8) is 0 Å². The molecular weight excluding hydrogens is 264 g/mol. The summed E-state index contributed by atoms with van der Waals surface area (Å²) in [5, 5.41) is 3.17. The lowest BCUT2D eigenvalue weighted by molar-refractivity contribution is -0.122. The smallest absolute Gasteiger partial charge is 0.220 e. The number of nitrogens with two attached hydrogens (primary N) is 1. The highest BCUT2D eigenvalue weighted by molar-refractivity contribution is 5.76. The zero-order valence-electron chi connectivity index (χ0n) is 13.1. The summed E-state index contributed by atoms with van der Waals surface area (Å²) in [4.78, 5) is 12.2. The zero-order valence-corrected chi connectivity index (χ0v) is 13.1. The number of carbonyl (C=O) groups is 1. The predicted octanol–water partition coefficient (Wildman–Crippen LogP) is 3.32. The van der Waals surface area contributed by atoms with Gasteiger partial charge in [0.2, 0.25) is 5.91 Å². The first-order chi connectivity index (χ1) is 10.2. The maximum atomic E-state index is 12.2. The van der Waals surface area contributed by atoms with Gasteiger partial charge in [0.1, 0.15) is 5.76 Å². The molecular formula is C17H28N2O2. The van der Waals surface area contributed by atoms with Gasteiger partial charge in [-0.25, -0.2) is 0 Å². The van der Waals surface area contributed by atoms with Gasteiger partial charge in [0.25, 0.3) is 0 Å². The van der Waals surface area contributed by atoms with Gasteiger partial charge in [0.05, 0.1) is 12.3 Å². The van der Waals surface area contributed by atoms with E-state index in [1.807, 2.05) is 6.07 Å². The first-order valence-electron chi connectivity index (χ1n) is 8.30. The minimum absolute atomic E-state index is 0.138. The summed E-state index contributed by atoms with van der Waals surface area (Å²) in [7, 11) is 0. The van der Waals surface area contributed by atoms with Gasteiger partial charge in [-0.3, -0.25) is 4.79 Å². The van der Waals surface area contributed by atoms with Crippen LogP contribution in [-0.4, -0.2) is 12.5 Å². The Hall–Kier alpha value is -1.29. The quantitative estimate of drug-likeness (QED) is 0.772. The minimum atomic E-state index is 0.138. The molecule has 1 aromatic rings. The highest BCUT2D eigenvalue weighted by Crippen LogP contribution is 2.30. The molecule has 0 aromatic carbocycles. The molecule has 1 aromatic heterocycles. The molecule has 0 spiro atoms. The number of hydrogen-bond donors (Lipinski definition) is 2. The third-order valence-electron chi connectivity index (χ3n) is 4.44. The van der Waals surface area contributed by atoms with Crippen LogP contribution < -0.4 is 11.1 Å². The lowest BCUT2D eigenvalue weighted by Gasteiger charge is -2.23. The molecule has 4 nitrogen and oxygen atoms in total. The van der Waals surface area contributed by atoms with Crippen molar-refractivity contribution in [3.8, 4) is 0 Å². The molecule has 1 heterocycles. The summed E-state index contributed by atoms with van der Waals surface area (Å²) in [5.41, 5.74) is 6.81. The maximum Gasteiger partial charge on any atom is 0.220 e. The van der Waals surface area contributed by atoms with Crippen LogP contribution in [-0.2, 0) is 11.2 Å². The van der Waals surface area contributed by atoms with E-state index in [1.165, 1.54) is 12.0 Å². The van der Waals surface area contributed by atoms with Crippen molar-refractivity contribution in [3.05, 3.63) is 23.7 Å². The van der Waals surface area contributed by atoms with E-state index in [9.17, 15) is 4.79 Å². The second-order valence-corrected chi connectivity index (χ2v) is 6.08. The molecule has 1 aliphatic rings. The molecule has 0 saturated carbocycles. The summed E-state index contributed by atoms with van der Waals surface area (Å²) in [6.07, 6.45) is 9.72. The molecule has 0 bridgehead atoms. The Morgan fingerprint density at radius 3 is 3.10 bits per heavy atom. The average Bonchev–Trinajstić information content (AvgIpc) is 2.95. The number of nitrogens with one attached hydrogen (secondary N) is 1. The van der Waals surface area contributed by atoms with Crippen molar-refractivity contribution >= 4 is 5.91 Å². The fourth-order valence-electron chi connectivity index (χ4n) is 3.32. The van der Waals surface area contributed by atoms with Crippen LogP contribution in [0.15, 0.2) is 16.7 Å². The number of furan rings is 1. The molecule has 1 amide bonds. The number of hydrogen-bond acceptors (Lipinski definition) is 3. The Morgan fingerprint density at radius 1 is 1.48 bits per heavy atom. The number of fused-ring (bicyclic) bond motifs is 1. The number of aryl methyl sites for hydroxylation is 1. The predicted molar refractivity (Wildman–Crippen MR) is 83.8 cm³/mol. The third kappa shape index (κ3) is 4.60. The topological polar surface area (TPSA) is 68.3 Å². The van der Waals surface area contributed by atoms with Gasteiger partial charge in [-0.1, -0.05) is 19.8 Å². The van der Waals surface area contributed by atoms with E-state index in [1.54, 1.807) is 6.26 Å². The Balaban J connectivity index is 1.80. The second kappa shape index (κ2) is 8.23. The SMILES string of the molecule is CCCC(CCN)CCC(=O)NC1CCCc2occc21. The lowest BCUT2D eigenvalue weighted by atomic mass is 9.92. The molecule has 1 aliphatic carbocycles. The van der Waals surface area contributed by atoms with Crippen molar-refractivity contribution in [2.24, 2.45) is 11.7 Å². The fourth-order valence-corrected chi connectivity index (χ4v) is 3.32. The van der Waals surface area contributed by atoms with E-state index in [2.05, 4.69) is 12.2 Å². The van der Waals surface area contributed by atoms with Gasteiger partial charge in [-0.2, -0.15) is 0 Å². The summed E-state index contributed by atoms with van der Waals surface area (Å²) < 4.78 is 5.46. The largest absolute Gasteiger partial charge is 0.469 e. The van der Waals surface area contributed by atoms with Crippen LogP contribution in [0.4, 0.5) is 0 Å². The van der Waals surface area contributed by atoms with E-state index >= 15 is 0 Å². The number of amides is 1. The van der Waals surface area contributed by atoms with Gasteiger partial charge < -0.3 is 15.5 Å². The summed E-state index contributed by atoms with van der Waals surface area (Å²) in [6, 6.07) is 2.13. The second-order valence-electron chi connectivity index (χ2n) is 6.08. The van der Waals surface area contributed by atoms with Gasteiger partial charge in [-0.15, -0.1) is 0 Å². The van der Waals surface area contributed by atoms with Gasteiger partial charge in [0, 0.05) is 18.4 Å². The molecule has 21 heavy (non-hydrogen) atoms. The summed E-state index contributed by atoms with van der Waals surface area (Å²) in [5.74, 6) is 1.78. The molecule has 118 valence electrons.